The van der Waals surface area contributed by atoms with Gasteiger partial charge in [-0.25, -0.2) is 0 Å². The first-order valence-corrected chi connectivity index (χ1v) is 8.61. The van der Waals surface area contributed by atoms with E-state index in [0.29, 0.717) is 22.7 Å². The van der Waals surface area contributed by atoms with Crippen molar-refractivity contribution in [2.24, 2.45) is 0 Å². The zero-order valence-electron chi connectivity index (χ0n) is 14.9. The van der Waals surface area contributed by atoms with Crippen molar-refractivity contribution in [2.75, 3.05) is 10.6 Å². The topological polar surface area (TPSA) is 67.4 Å². The van der Waals surface area contributed by atoms with Crippen molar-refractivity contribution in [3.05, 3.63) is 90.5 Å². The molecule has 1 atom stereocenters. The predicted molar refractivity (Wildman–Crippen MR) is 106 cm³/mol. The van der Waals surface area contributed by atoms with Crippen LogP contribution in [0.15, 0.2) is 84.9 Å². The SMILES string of the molecule is CC(Oc1ccccc1)C(=O)Nc1ccccc1C(=O)Nc1ccccc1. The number of ether oxygens (including phenoxy) is 1. The van der Waals surface area contributed by atoms with Crippen molar-refractivity contribution in [1.29, 1.82) is 0 Å². The predicted octanol–water partition coefficient (Wildman–Crippen LogP) is 4.34. The van der Waals surface area contributed by atoms with Crippen LogP contribution in [0, 0.1) is 0 Å². The number of hydrogen-bond acceptors (Lipinski definition) is 3. The smallest absolute Gasteiger partial charge is 0.265 e. The Morgan fingerprint density at radius 3 is 2.07 bits per heavy atom. The summed E-state index contributed by atoms with van der Waals surface area (Å²) in [4.78, 5) is 25.1. The zero-order chi connectivity index (χ0) is 19.1. The van der Waals surface area contributed by atoms with Crippen molar-refractivity contribution in [3.8, 4) is 5.75 Å². The van der Waals surface area contributed by atoms with E-state index >= 15 is 0 Å². The minimum absolute atomic E-state index is 0.297. The van der Waals surface area contributed by atoms with Gasteiger partial charge in [-0.3, -0.25) is 9.59 Å². The van der Waals surface area contributed by atoms with Gasteiger partial charge in [0, 0.05) is 5.69 Å². The molecule has 3 aromatic rings. The Hall–Kier alpha value is -3.60. The lowest BCUT2D eigenvalue weighted by Crippen LogP contribution is -2.31. The Bertz CT molecular complexity index is 911. The molecule has 2 N–H and O–H groups in total. The number of hydrogen-bond donors (Lipinski definition) is 2. The molecule has 0 saturated heterocycles. The summed E-state index contributed by atoms with van der Waals surface area (Å²) < 4.78 is 5.63. The lowest BCUT2D eigenvalue weighted by atomic mass is 10.1. The maximum Gasteiger partial charge on any atom is 0.265 e. The first-order valence-electron chi connectivity index (χ1n) is 8.61. The molecule has 0 saturated carbocycles. The van der Waals surface area contributed by atoms with Crippen LogP contribution in [0.5, 0.6) is 5.75 Å². The van der Waals surface area contributed by atoms with Crippen molar-refractivity contribution in [2.45, 2.75) is 13.0 Å². The van der Waals surface area contributed by atoms with E-state index in [1.54, 1.807) is 55.5 Å². The molecule has 0 aliphatic heterocycles. The third-order valence-electron chi connectivity index (χ3n) is 3.89. The number of nitrogens with one attached hydrogen (secondary N) is 2. The highest BCUT2D eigenvalue weighted by Crippen LogP contribution is 2.18. The van der Waals surface area contributed by atoms with Gasteiger partial charge in [-0.15, -0.1) is 0 Å². The molecular formula is C22H20N2O3. The lowest BCUT2D eigenvalue weighted by molar-refractivity contribution is -0.122. The Labute approximate surface area is 158 Å². The maximum absolute atomic E-state index is 12.6. The van der Waals surface area contributed by atoms with Crippen LogP contribution in [-0.2, 0) is 4.79 Å². The van der Waals surface area contributed by atoms with Crippen LogP contribution >= 0.6 is 0 Å². The normalized spacial score (nSPS) is 11.3. The van der Waals surface area contributed by atoms with Gasteiger partial charge in [0.2, 0.25) is 0 Å². The number of rotatable bonds is 6. The van der Waals surface area contributed by atoms with Crippen molar-refractivity contribution in [3.63, 3.8) is 0 Å². The fraction of sp³-hybridized carbons (Fsp3) is 0.0909. The molecule has 136 valence electrons. The molecule has 0 fully saturated rings. The van der Waals surface area contributed by atoms with E-state index in [1.165, 1.54) is 0 Å². The molecular weight excluding hydrogens is 340 g/mol. The molecule has 0 heterocycles. The Morgan fingerprint density at radius 2 is 1.37 bits per heavy atom. The van der Waals surface area contributed by atoms with Gasteiger partial charge in [0.1, 0.15) is 5.75 Å². The van der Waals surface area contributed by atoms with Gasteiger partial charge in [-0.2, -0.15) is 0 Å². The fourth-order valence-electron chi connectivity index (χ4n) is 2.50. The summed E-state index contributed by atoms with van der Waals surface area (Å²) in [6.45, 7) is 1.66. The number of carbonyl (C=O) groups excluding carboxylic acids is 2. The molecule has 27 heavy (non-hydrogen) atoms. The van der Waals surface area contributed by atoms with Crippen LogP contribution in [-0.4, -0.2) is 17.9 Å². The van der Waals surface area contributed by atoms with E-state index in [-0.39, 0.29) is 11.8 Å². The third-order valence-corrected chi connectivity index (χ3v) is 3.89. The van der Waals surface area contributed by atoms with Gasteiger partial charge in [0.05, 0.1) is 11.3 Å². The summed E-state index contributed by atoms with van der Waals surface area (Å²) in [5.74, 6) is -0.0252. The Balaban J connectivity index is 1.70. The first kappa shape index (κ1) is 18.2. The maximum atomic E-state index is 12.6. The summed E-state index contributed by atoms with van der Waals surface area (Å²) in [5, 5.41) is 5.59. The van der Waals surface area contributed by atoms with E-state index < -0.39 is 6.10 Å². The fourth-order valence-corrected chi connectivity index (χ4v) is 2.50. The molecule has 0 aromatic heterocycles. The summed E-state index contributed by atoms with van der Waals surface area (Å²) in [6.07, 6.45) is -0.711. The second-order valence-electron chi connectivity index (χ2n) is 5.93. The van der Waals surface area contributed by atoms with E-state index in [1.807, 2.05) is 36.4 Å². The van der Waals surface area contributed by atoms with Crippen LogP contribution in [0.2, 0.25) is 0 Å². The first-order chi connectivity index (χ1) is 13.1. The zero-order valence-corrected chi connectivity index (χ0v) is 14.9. The number of amides is 2. The van der Waals surface area contributed by atoms with Crippen LogP contribution in [0.3, 0.4) is 0 Å². The van der Waals surface area contributed by atoms with Gasteiger partial charge < -0.3 is 15.4 Å². The highest BCUT2D eigenvalue weighted by Gasteiger charge is 2.18. The molecule has 5 nitrogen and oxygen atoms in total. The Kier molecular flexibility index (Phi) is 5.84. The molecule has 1 unspecified atom stereocenters. The van der Waals surface area contributed by atoms with Gasteiger partial charge in [0.15, 0.2) is 6.10 Å². The van der Waals surface area contributed by atoms with E-state index in [9.17, 15) is 9.59 Å². The lowest BCUT2D eigenvalue weighted by Gasteiger charge is -2.16. The van der Waals surface area contributed by atoms with Gasteiger partial charge in [0.25, 0.3) is 11.8 Å². The van der Waals surface area contributed by atoms with Crippen molar-refractivity contribution in [1.82, 2.24) is 0 Å². The van der Waals surface area contributed by atoms with Crippen LogP contribution in [0.4, 0.5) is 11.4 Å². The monoisotopic (exact) mass is 360 g/mol. The van der Waals surface area contributed by atoms with Crippen LogP contribution in [0.25, 0.3) is 0 Å². The molecule has 2 amide bonds. The van der Waals surface area contributed by atoms with E-state index in [2.05, 4.69) is 10.6 Å². The van der Waals surface area contributed by atoms with Gasteiger partial charge in [-0.05, 0) is 43.3 Å². The van der Waals surface area contributed by atoms with Gasteiger partial charge in [-0.1, -0.05) is 48.5 Å². The largest absolute Gasteiger partial charge is 0.481 e. The van der Waals surface area contributed by atoms with Crippen molar-refractivity contribution >= 4 is 23.2 Å². The van der Waals surface area contributed by atoms with Gasteiger partial charge >= 0.3 is 0 Å². The second kappa shape index (κ2) is 8.67. The third kappa shape index (κ3) is 4.95. The second-order valence-corrected chi connectivity index (χ2v) is 5.93. The number of carbonyl (C=O) groups is 2. The minimum Gasteiger partial charge on any atom is -0.481 e. The summed E-state index contributed by atoms with van der Waals surface area (Å²) >= 11 is 0. The number of anilines is 2. The van der Waals surface area contributed by atoms with E-state index in [4.69, 9.17) is 4.74 Å². The molecule has 0 bridgehead atoms. The minimum atomic E-state index is -0.711. The summed E-state index contributed by atoms with van der Waals surface area (Å²) in [7, 11) is 0. The molecule has 0 radical (unpaired) electrons. The molecule has 3 rings (SSSR count). The molecule has 5 heteroatoms. The van der Waals surface area contributed by atoms with E-state index in [0.717, 1.165) is 0 Å². The number of para-hydroxylation sites is 3. The Morgan fingerprint density at radius 1 is 0.778 bits per heavy atom. The molecule has 0 aliphatic rings. The van der Waals surface area contributed by atoms with Crippen LogP contribution in [0.1, 0.15) is 17.3 Å². The molecule has 0 spiro atoms. The van der Waals surface area contributed by atoms with Crippen molar-refractivity contribution < 1.29 is 14.3 Å². The standard InChI is InChI=1S/C22H20N2O3/c1-16(27-18-12-6-3-7-13-18)21(25)24-20-15-9-8-14-19(20)22(26)23-17-10-4-2-5-11-17/h2-16H,1H3,(H,23,26)(H,24,25). The molecule has 3 aromatic carbocycles. The quantitative estimate of drug-likeness (QED) is 0.687. The average Bonchev–Trinajstić information content (AvgIpc) is 2.70. The highest BCUT2D eigenvalue weighted by atomic mass is 16.5. The average molecular weight is 360 g/mol. The summed E-state index contributed by atoms with van der Waals surface area (Å²) in [5.41, 5.74) is 1.49. The van der Waals surface area contributed by atoms with Crippen LogP contribution < -0.4 is 15.4 Å². The highest BCUT2D eigenvalue weighted by molar-refractivity contribution is 6.10. The molecule has 0 aliphatic carbocycles. The number of benzene rings is 3. The summed E-state index contributed by atoms with van der Waals surface area (Å²) in [6, 6.07) is 25.1.